The van der Waals surface area contributed by atoms with Gasteiger partial charge in [-0.05, 0) is 31.0 Å². The summed E-state index contributed by atoms with van der Waals surface area (Å²) >= 11 is 16.0. The van der Waals surface area contributed by atoms with Gasteiger partial charge < -0.3 is 29.8 Å². The molecule has 0 bridgehead atoms. The van der Waals surface area contributed by atoms with E-state index in [0.29, 0.717) is 11.5 Å². The third kappa shape index (κ3) is 6.45. The molecule has 0 spiro atoms. The molecule has 0 amide bonds. The van der Waals surface area contributed by atoms with Crippen molar-refractivity contribution in [1.82, 2.24) is 0 Å². The minimum atomic E-state index is -0.660. The second-order valence-electron chi connectivity index (χ2n) is 1.26. The molecule has 0 atom stereocenters. The van der Waals surface area contributed by atoms with E-state index in [1.165, 1.54) is 0 Å². The highest BCUT2D eigenvalue weighted by Gasteiger charge is 2.01. The van der Waals surface area contributed by atoms with Crippen molar-refractivity contribution < 1.29 is 4.52 Å². The van der Waals surface area contributed by atoms with E-state index in [1.54, 1.807) is 0 Å². The van der Waals surface area contributed by atoms with Crippen LogP contribution in [0.4, 0.5) is 0 Å². The van der Waals surface area contributed by atoms with Crippen molar-refractivity contribution in [3.63, 3.8) is 0 Å². The largest absolute Gasteiger partial charge is 0.790 e. The summed E-state index contributed by atoms with van der Waals surface area (Å²) in [7, 11) is 0. The number of rotatable bonds is 4. The Bertz CT molecular complexity index is 70.8. The van der Waals surface area contributed by atoms with Crippen molar-refractivity contribution in [2.75, 3.05) is 11.5 Å². The van der Waals surface area contributed by atoms with Crippen molar-refractivity contribution >= 4 is 61.8 Å². The molecule has 0 aliphatic carbocycles. The van der Waals surface area contributed by atoms with E-state index in [-0.39, 0.29) is 6.10 Å². The molecule has 0 aromatic heterocycles. The molecular formula is C3H5Br2OPS2-2. The second-order valence-corrected chi connectivity index (χ2v) is 9.26. The molecule has 0 saturated heterocycles. The van der Waals surface area contributed by atoms with Crippen LogP contribution in [0.1, 0.15) is 0 Å². The number of hydrogen-bond donors (Lipinski definition) is 0. The molecule has 0 N–H and O–H groups in total. The fraction of sp³-hybridized carbons (Fsp3) is 1.00. The highest BCUT2D eigenvalue weighted by molar-refractivity contribution is 9.68. The van der Waals surface area contributed by atoms with Crippen LogP contribution < -0.4 is 0 Å². The summed E-state index contributed by atoms with van der Waals surface area (Å²) < 4.78 is 5.24. The van der Waals surface area contributed by atoms with Gasteiger partial charge in [0.05, 0.1) is 0 Å². The summed E-state index contributed by atoms with van der Waals surface area (Å²) in [4.78, 5) is 0. The Hall–Kier alpha value is 2.05. The fourth-order valence-corrected chi connectivity index (χ4v) is 2.74. The Kier molecular flexibility index (Phi) is 8.28. The van der Waals surface area contributed by atoms with E-state index in [4.69, 9.17) is 29.8 Å². The van der Waals surface area contributed by atoms with Crippen LogP contribution in [0.15, 0.2) is 0 Å². The van der Waals surface area contributed by atoms with Gasteiger partial charge in [0, 0.05) is 6.10 Å². The average Bonchev–Trinajstić information content (AvgIpc) is 1.82. The predicted molar refractivity (Wildman–Crippen MR) is 54.1 cm³/mol. The van der Waals surface area contributed by atoms with Gasteiger partial charge in [-0.25, -0.2) is 0 Å². The summed E-state index contributed by atoms with van der Waals surface area (Å²) in [5, 5.41) is 0. The Morgan fingerprint density at radius 3 is 1.89 bits per heavy atom. The SMILES string of the molecule is [S-]CC(C[S-])OP(Br)Br. The maximum atomic E-state index is 5.24. The molecular weight excluding hydrogens is 307 g/mol. The Morgan fingerprint density at radius 1 is 1.33 bits per heavy atom. The Morgan fingerprint density at radius 2 is 1.78 bits per heavy atom. The highest BCUT2D eigenvalue weighted by Crippen LogP contribution is 2.53. The smallest absolute Gasteiger partial charge is 0.170 e. The lowest BCUT2D eigenvalue weighted by Crippen LogP contribution is -2.15. The van der Waals surface area contributed by atoms with Gasteiger partial charge in [-0.2, -0.15) is 11.5 Å². The number of halogens is 2. The summed E-state index contributed by atoms with van der Waals surface area (Å²) in [5.74, 6) is 1.14. The zero-order valence-corrected chi connectivity index (χ0v) is 10.1. The first-order valence-corrected chi connectivity index (χ1v) is 8.60. The molecule has 0 aliphatic heterocycles. The van der Waals surface area contributed by atoms with Crippen molar-refractivity contribution in [3.05, 3.63) is 0 Å². The normalized spacial score (nSPS) is 11.3. The summed E-state index contributed by atoms with van der Waals surface area (Å²) in [6, 6.07) is 0. The topological polar surface area (TPSA) is 9.23 Å². The van der Waals surface area contributed by atoms with Crippen LogP contribution in [0, 0.1) is 0 Å². The molecule has 0 saturated carbocycles. The maximum absolute atomic E-state index is 5.24. The third-order valence-corrected chi connectivity index (χ3v) is 2.80. The molecule has 0 radical (unpaired) electrons. The summed E-state index contributed by atoms with van der Waals surface area (Å²) in [6.45, 7) is 0. The lowest BCUT2D eigenvalue weighted by Gasteiger charge is -2.23. The molecule has 0 unspecified atom stereocenters. The lowest BCUT2D eigenvalue weighted by molar-refractivity contribution is 0.294. The van der Waals surface area contributed by atoms with E-state index < -0.39 is 5.55 Å². The quantitative estimate of drug-likeness (QED) is 0.583. The lowest BCUT2D eigenvalue weighted by atomic mass is 10.5. The molecule has 0 heterocycles. The minimum absolute atomic E-state index is 0.0415. The van der Waals surface area contributed by atoms with Crippen LogP contribution in [-0.2, 0) is 29.8 Å². The van der Waals surface area contributed by atoms with Crippen LogP contribution in [-0.4, -0.2) is 17.6 Å². The first-order chi connectivity index (χ1) is 4.20. The van der Waals surface area contributed by atoms with Crippen molar-refractivity contribution in [1.29, 1.82) is 0 Å². The van der Waals surface area contributed by atoms with Crippen LogP contribution >= 0.6 is 36.5 Å². The maximum Gasteiger partial charge on any atom is 0.170 e. The molecule has 9 heavy (non-hydrogen) atoms. The molecule has 0 aliphatic rings. The van der Waals surface area contributed by atoms with Crippen LogP contribution in [0.3, 0.4) is 0 Å². The molecule has 6 heteroatoms. The molecule has 0 rings (SSSR count). The van der Waals surface area contributed by atoms with Crippen LogP contribution in [0.5, 0.6) is 0 Å². The highest BCUT2D eigenvalue weighted by atomic mass is 79.9. The van der Waals surface area contributed by atoms with Crippen molar-refractivity contribution in [3.8, 4) is 0 Å². The third-order valence-electron chi connectivity index (χ3n) is 0.601. The zero-order valence-electron chi connectivity index (χ0n) is 4.42. The van der Waals surface area contributed by atoms with Gasteiger partial charge in [0.15, 0.2) is 5.55 Å². The van der Waals surface area contributed by atoms with Gasteiger partial charge >= 0.3 is 0 Å². The van der Waals surface area contributed by atoms with E-state index in [2.05, 4.69) is 31.0 Å². The first kappa shape index (κ1) is 11.1. The standard InChI is InChI=1S/C3H7Br2OPS2/c4-7(5)6-3(1-8)2-9/h3,8-9H,1-2H2/p-2. The van der Waals surface area contributed by atoms with Gasteiger partial charge in [-0.1, -0.05) is 0 Å². The van der Waals surface area contributed by atoms with E-state index >= 15 is 0 Å². The summed E-state index contributed by atoms with van der Waals surface area (Å²) in [6.07, 6.45) is 0.0415. The minimum Gasteiger partial charge on any atom is -0.790 e. The van der Waals surface area contributed by atoms with Gasteiger partial charge in [0.25, 0.3) is 0 Å². The van der Waals surface area contributed by atoms with Crippen molar-refractivity contribution in [2.24, 2.45) is 0 Å². The van der Waals surface area contributed by atoms with Gasteiger partial charge in [0.1, 0.15) is 0 Å². The van der Waals surface area contributed by atoms with Crippen molar-refractivity contribution in [2.45, 2.75) is 6.10 Å². The molecule has 0 aromatic carbocycles. The first-order valence-electron chi connectivity index (χ1n) is 2.15. The van der Waals surface area contributed by atoms with E-state index in [0.717, 1.165) is 0 Å². The average molecular weight is 312 g/mol. The summed E-state index contributed by atoms with van der Waals surface area (Å²) in [5.41, 5.74) is -0.660. The van der Waals surface area contributed by atoms with Gasteiger partial charge in [0.2, 0.25) is 0 Å². The van der Waals surface area contributed by atoms with Gasteiger partial charge in [-0.15, -0.1) is 0 Å². The molecule has 1 nitrogen and oxygen atoms in total. The van der Waals surface area contributed by atoms with E-state index in [9.17, 15) is 0 Å². The Labute approximate surface area is 83.4 Å². The molecule has 0 aromatic rings. The molecule has 0 fully saturated rings. The predicted octanol–water partition coefficient (Wildman–Crippen LogP) is 2.48. The fourth-order valence-electron chi connectivity index (χ4n) is 0.222. The van der Waals surface area contributed by atoms with Crippen LogP contribution in [0.2, 0.25) is 0 Å². The van der Waals surface area contributed by atoms with Gasteiger partial charge in [-0.3, -0.25) is 0 Å². The molecule has 56 valence electrons. The second kappa shape index (κ2) is 6.74. The van der Waals surface area contributed by atoms with E-state index in [1.807, 2.05) is 0 Å². The Balaban J connectivity index is 3.31. The van der Waals surface area contributed by atoms with Crippen LogP contribution in [0.25, 0.3) is 0 Å². The zero-order chi connectivity index (χ0) is 7.28. The monoisotopic (exact) mass is 310 g/mol. The number of hydrogen-bond acceptors (Lipinski definition) is 3.